The van der Waals surface area contributed by atoms with Crippen LogP contribution in [0.3, 0.4) is 0 Å². The molecular weight excluding hydrogens is 454 g/mol. The molecule has 0 aromatic carbocycles. The average molecular weight is 511 g/mol. The molecule has 5 heteroatoms. The zero-order valence-electron chi connectivity index (χ0n) is 22.5. The molecule has 4 saturated carbocycles. The third-order valence-corrected chi connectivity index (χ3v) is 24.6. The number of nitrogens with one attached hydrogen (secondary N) is 1. The molecule has 0 unspecified atom stereocenters. The zero-order valence-corrected chi connectivity index (χ0v) is 25.3. The quantitative estimate of drug-likeness (QED) is 0.261. The molecule has 0 radical (unpaired) electrons. The van der Waals surface area contributed by atoms with Crippen molar-refractivity contribution in [1.29, 1.82) is 5.16 Å². The first-order valence-electron chi connectivity index (χ1n) is 15.1. The molecule has 0 saturated heterocycles. The van der Waals surface area contributed by atoms with Gasteiger partial charge in [0.15, 0.2) is 8.24 Å². The summed E-state index contributed by atoms with van der Waals surface area (Å²) >= 11 is 0. The second kappa shape index (κ2) is 11.8. The van der Waals surface area contributed by atoms with Gasteiger partial charge < -0.3 is 9.57 Å². The molecule has 4 fully saturated rings. The predicted octanol–water partition coefficient (Wildman–Crippen LogP) is 11.1. The Balaban J connectivity index is 1.80. The Morgan fingerprint density at radius 2 is 0.848 bits per heavy atom. The van der Waals surface area contributed by atoms with Gasteiger partial charge in [-0.2, -0.15) is 0 Å². The summed E-state index contributed by atoms with van der Waals surface area (Å²) in [5.41, 5.74) is 3.35. The molecule has 4 aliphatic rings. The second-order valence-corrected chi connectivity index (χ2v) is 26.2. The highest BCUT2D eigenvalue weighted by molar-refractivity contribution is 7.84. The van der Waals surface area contributed by atoms with Crippen LogP contribution in [0.2, 0.25) is 19.6 Å². The van der Waals surface area contributed by atoms with Gasteiger partial charge in [-0.15, -0.1) is 0 Å². The topological polar surface area (TPSA) is 36.2 Å². The standard InChI is InChI=1S/C28H56N2P2Si/c1-33(2,3)30-32(27-20-12-6-13-21-27,28-22-14-7-15-23-28)24-31(29,25-16-8-4-9-17-25)26-18-10-5-11-19-26/h25-29H,4-24H2,1-3H3. The van der Waals surface area contributed by atoms with Gasteiger partial charge in [0, 0.05) is 5.90 Å². The lowest BCUT2D eigenvalue weighted by molar-refractivity contribution is 0.476. The highest BCUT2D eigenvalue weighted by Gasteiger charge is 2.47. The van der Waals surface area contributed by atoms with E-state index in [9.17, 15) is 5.16 Å². The van der Waals surface area contributed by atoms with Crippen molar-refractivity contribution in [3.63, 3.8) is 0 Å². The highest BCUT2D eigenvalue weighted by Crippen LogP contribution is 2.77. The number of rotatable bonds is 7. The first-order valence-corrected chi connectivity index (χ1v) is 22.7. The second-order valence-electron chi connectivity index (χ2n) is 13.4. The molecule has 0 bridgehead atoms. The van der Waals surface area contributed by atoms with Gasteiger partial charge in [-0.3, -0.25) is 0 Å². The van der Waals surface area contributed by atoms with E-state index in [2.05, 4.69) is 19.6 Å². The summed E-state index contributed by atoms with van der Waals surface area (Å²) in [5, 5.41) is 10.6. The van der Waals surface area contributed by atoms with Crippen LogP contribution >= 0.6 is 14.1 Å². The summed E-state index contributed by atoms with van der Waals surface area (Å²) in [4.78, 5) is 0. The van der Waals surface area contributed by atoms with Gasteiger partial charge in [0.2, 0.25) is 0 Å². The van der Waals surface area contributed by atoms with Crippen molar-refractivity contribution in [1.82, 2.24) is 0 Å². The normalized spacial score (nSPS) is 26.4. The van der Waals surface area contributed by atoms with Crippen molar-refractivity contribution in [3.05, 3.63) is 0 Å². The molecule has 0 heterocycles. The van der Waals surface area contributed by atoms with Crippen molar-refractivity contribution in [2.45, 2.75) is 171 Å². The first kappa shape index (κ1) is 26.7. The van der Waals surface area contributed by atoms with Crippen LogP contribution in [-0.2, 0) is 0 Å². The van der Waals surface area contributed by atoms with E-state index in [0.717, 1.165) is 22.6 Å². The van der Waals surface area contributed by atoms with Crippen molar-refractivity contribution in [2.75, 3.05) is 5.90 Å². The molecular formula is C28H56N2P2Si. The SMILES string of the molecule is C[Si](C)(C)N=P(CP(=N)(C1CCCCC1)C1CCCCC1)(C1CCCCC1)C1CCCCC1. The smallest absolute Gasteiger partial charge is 0.170 e. The van der Waals surface area contributed by atoms with Gasteiger partial charge in [-0.1, -0.05) is 96.7 Å². The van der Waals surface area contributed by atoms with Gasteiger partial charge >= 0.3 is 0 Å². The fourth-order valence-electron chi connectivity index (χ4n) is 8.33. The Labute approximate surface area is 208 Å². The van der Waals surface area contributed by atoms with E-state index >= 15 is 0 Å². The van der Waals surface area contributed by atoms with Crippen LogP contribution in [-0.4, -0.2) is 36.8 Å². The van der Waals surface area contributed by atoms with E-state index in [-0.39, 0.29) is 0 Å². The van der Waals surface area contributed by atoms with Crippen LogP contribution in [0.15, 0.2) is 4.41 Å². The van der Waals surface area contributed by atoms with Gasteiger partial charge in [-0.05, 0) is 88.1 Å². The summed E-state index contributed by atoms with van der Waals surface area (Å²) in [6, 6.07) is 0. The molecule has 2 nitrogen and oxygen atoms in total. The first-order chi connectivity index (χ1) is 15.8. The molecule has 0 aromatic heterocycles. The Morgan fingerprint density at radius 3 is 1.15 bits per heavy atom. The van der Waals surface area contributed by atoms with E-state index in [1.807, 2.05) is 0 Å². The number of hydrogen-bond acceptors (Lipinski definition) is 2. The molecule has 192 valence electrons. The summed E-state index contributed by atoms with van der Waals surface area (Å²) in [6.45, 7) is 7.62. The van der Waals surface area contributed by atoms with E-state index in [4.69, 9.17) is 4.41 Å². The molecule has 0 amide bonds. The van der Waals surface area contributed by atoms with Crippen LogP contribution in [0.25, 0.3) is 0 Å². The maximum absolute atomic E-state index is 10.6. The largest absolute Gasteiger partial charge is 0.337 e. The van der Waals surface area contributed by atoms with Gasteiger partial charge in [0.1, 0.15) is 0 Å². The molecule has 0 aromatic rings. The minimum absolute atomic E-state index is 0.776. The molecule has 1 N–H and O–H groups in total. The van der Waals surface area contributed by atoms with Gasteiger partial charge in [-0.25, -0.2) is 0 Å². The molecule has 4 rings (SSSR count). The average Bonchev–Trinajstić information content (AvgIpc) is 2.85. The van der Waals surface area contributed by atoms with E-state index in [0.29, 0.717) is 0 Å². The lowest BCUT2D eigenvalue weighted by atomic mass is 9.99. The minimum atomic E-state index is -1.73. The number of nitrogens with zero attached hydrogens (tertiary/aromatic N) is 1. The van der Waals surface area contributed by atoms with Gasteiger partial charge in [0.05, 0.1) is 0 Å². The van der Waals surface area contributed by atoms with E-state index in [1.165, 1.54) is 134 Å². The molecule has 33 heavy (non-hydrogen) atoms. The van der Waals surface area contributed by atoms with Crippen molar-refractivity contribution in [2.24, 2.45) is 4.41 Å². The number of hydrogen-bond donors (Lipinski definition) is 1. The molecule has 4 aliphatic carbocycles. The third kappa shape index (κ3) is 6.52. The molecule has 0 aliphatic heterocycles. The highest BCUT2D eigenvalue weighted by atomic mass is 31.2. The van der Waals surface area contributed by atoms with Crippen LogP contribution in [0.1, 0.15) is 128 Å². The van der Waals surface area contributed by atoms with E-state index < -0.39 is 22.3 Å². The summed E-state index contributed by atoms with van der Waals surface area (Å²) in [6.07, 6.45) is 28.7. The third-order valence-electron chi connectivity index (χ3n) is 9.81. The molecule has 0 atom stereocenters. The van der Waals surface area contributed by atoms with Gasteiger partial charge in [0.25, 0.3) is 0 Å². The Bertz CT molecular complexity index is 660. The molecule has 0 spiro atoms. The van der Waals surface area contributed by atoms with Crippen LogP contribution in [0, 0.1) is 5.16 Å². The predicted molar refractivity (Wildman–Crippen MR) is 155 cm³/mol. The maximum Gasteiger partial charge on any atom is 0.170 e. The Hall–Kier alpha value is 0.677. The Kier molecular flexibility index (Phi) is 9.57. The monoisotopic (exact) mass is 510 g/mol. The lowest BCUT2D eigenvalue weighted by Crippen LogP contribution is -2.32. The fraction of sp³-hybridized carbons (Fsp3) is 1.00. The van der Waals surface area contributed by atoms with Crippen molar-refractivity contribution in [3.8, 4) is 0 Å². The van der Waals surface area contributed by atoms with Crippen LogP contribution in [0.4, 0.5) is 0 Å². The van der Waals surface area contributed by atoms with Crippen LogP contribution < -0.4 is 0 Å². The fourth-order valence-corrected chi connectivity index (χ4v) is 27.9. The van der Waals surface area contributed by atoms with Crippen LogP contribution in [0.5, 0.6) is 0 Å². The van der Waals surface area contributed by atoms with Crippen molar-refractivity contribution >= 4 is 22.3 Å². The zero-order chi connectivity index (χ0) is 23.4. The minimum Gasteiger partial charge on any atom is -0.337 e. The summed E-state index contributed by atoms with van der Waals surface area (Å²) in [7, 11) is -4.76. The van der Waals surface area contributed by atoms with Crippen molar-refractivity contribution < 1.29 is 0 Å². The maximum atomic E-state index is 10.6. The lowest BCUT2D eigenvalue weighted by Gasteiger charge is -2.51. The summed E-state index contributed by atoms with van der Waals surface area (Å²) in [5.74, 6) is 1.36. The Morgan fingerprint density at radius 1 is 0.545 bits per heavy atom. The van der Waals surface area contributed by atoms with E-state index in [1.54, 1.807) is 0 Å². The summed E-state index contributed by atoms with van der Waals surface area (Å²) < 4.78 is 6.22.